The van der Waals surface area contributed by atoms with Crippen molar-refractivity contribution in [2.75, 3.05) is 5.75 Å². The first kappa shape index (κ1) is 15.7. The zero-order valence-corrected chi connectivity index (χ0v) is 9.68. The van der Waals surface area contributed by atoms with Gasteiger partial charge in [0.25, 0.3) is 0 Å². The van der Waals surface area contributed by atoms with Crippen LogP contribution in [0.4, 0.5) is 0 Å². The highest BCUT2D eigenvalue weighted by atomic mass is 32.1. The first-order chi connectivity index (χ1) is 7.73. The number of hydrogen-bond acceptors (Lipinski definition) is 6. The highest BCUT2D eigenvalue weighted by molar-refractivity contribution is 7.80. The Hall–Kier alpha value is -1.32. The summed E-state index contributed by atoms with van der Waals surface area (Å²) in [6, 6.07) is -1.27. The van der Waals surface area contributed by atoms with Crippen molar-refractivity contribution in [2.45, 2.75) is 24.5 Å². The van der Waals surface area contributed by atoms with Crippen LogP contribution in [0.5, 0.6) is 0 Å². The lowest BCUT2D eigenvalue weighted by atomic mass is 10.0. The highest BCUT2D eigenvalue weighted by Crippen LogP contribution is 2.09. The molecule has 98 valence electrons. The molecule has 8 nitrogen and oxygen atoms in total. The fourth-order valence-electron chi connectivity index (χ4n) is 1.04. The topological polar surface area (TPSA) is 150 Å². The van der Waals surface area contributed by atoms with Crippen LogP contribution in [0, 0.1) is 0 Å². The Kier molecular flexibility index (Phi) is 5.93. The van der Waals surface area contributed by atoms with Gasteiger partial charge in [0.2, 0.25) is 0 Å². The summed E-state index contributed by atoms with van der Waals surface area (Å²) in [6.45, 7) is 0. The predicted molar refractivity (Wildman–Crippen MR) is 59.8 cm³/mol. The van der Waals surface area contributed by atoms with Gasteiger partial charge in [0.05, 0.1) is 0 Å². The third-order valence-electron chi connectivity index (χ3n) is 2.03. The zero-order valence-electron chi connectivity index (χ0n) is 8.79. The lowest BCUT2D eigenvalue weighted by Gasteiger charge is -2.28. The van der Waals surface area contributed by atoms with E-state index >= 15 is 0 Å². The summed E-state index contributed by atoms with van der Waals surface area (Å²) < 4.78 is 0. The van der Waals surface area contributed by atoms with Crippen molar-refractivity contribution in [3.8, 4) is 0 Å². The minimum atomic E-state index is -2.11. The Morgan fingerprint density at radius 1 is 1.29 bits per heavy atom. The maximum atomic E-state index is 10.9. The third kappa shape index (κ3) is 5.02. The van der Waals surface area contributed by atoms with E-state index in [1.54, 1.807) is 0 Å². The number of aliphatic carboxylic acids is 3. The van der Waals surface area contributed by atoms with E-state index in [9.17, 15) is 14.4 Å². The van der Waals surface area contributed by atoms with Gasteiger partial charge in [-0.3, -0.25) is 14.9 Å². The molecule has 0 aromatic carbocycles. The van der Waals surface area contributed by atoms with Gasteiger partial charge >= 0.3 is 17.9 Å². The van der Waals surface area contributed by atoms with Gasteiger partial charge in [-0.25, -0.2) is 4.79 Å². The minimum Gasteiger partial charge on any atom is -0.481 e. The van der Waals surface area contributed by atoms with Crippen molar-refractivity contribution in [1.82, 2.24) is 5.32 Å². The Labute approximate surface area is 102 Å². The summed E-state index contributed by atoms with van der Waals surface area (Å²) in [7, 11) is 0. The van der Waals surface area contributed by atoms with Crippen molar-refractivity contribution in [2.24, 2.45) is 5.73 Å². The molecule has 0 bridgehead atoms. The number of thiol groups is 1. The number of carboxylic acid groups (broad SMARTS) is 3. The molecule has 0 aliphatic heterocycles. The van der Waals surface area contributed by atoms with Gasteiger partial charge in [0.1, 0.15) is 6.04 Å². The number of hydrogen-bond donors (Lipinski definition) is 6. The Balaban J connectivity index is 4.76. The quantitative estimate of drug-likeness (QED) is 0.231. The smallest absolute Gasteiger partial charge is 0.338 e. The lowest BCUT2D eigenvalue weighted by molar-refractivity contribution is -0.147. The molecule has 0 spiro atoms. The van der Waals surface area contributed by atoms with Gasteiger partial charge in [-0.15, -0.1) is 0 Å². The van der Waals surface area contributed by atoms with Gasteiger partial charge in [-0.05, 0) is 0 Å². The number of nitrogens with one attached hydrogen (secondary N) is 1. The largest absolute Gasteiger partial charge is 0.481 e. The maximum Gasteiger partial charge on any atom is 0.338 e. The molecule has 0 heterocycles. The monoisotopic (exact) mass is 266 g/mol. The molecule has 0 radical (unpaired) electrons. The van der Waals surface area contributed by atoms with E-state index in [1.165, 1.54) is 0 Å². The van der Waals surface area contributed by atoms with E-state index in [2.05, 4.69) is 17.9 Å². The van der Waals surface area contributed by atoms with Gasteiger partial charge in [0.15, 0.2) is 5.66 Å². The summed E-state index contributed by atoms with van der Waals surface area (Å²) in [4.78, 5) is 32.0. The number of carbonyl (C=O) groups is 3. The van der Waals surface area contributed by atoms with Crippen LogP contribution >= 0.6 is 12.6 Å². The van der Waals surface area contributed by atoms with Crippen LogP contribution in [-0.4, -0.2) is 50.7 Å². The van der Waals surface area contributed by atoms with Crippen molar-refractivity contribution >= 4 is 30.5 Å². The third-order valence-corrected chi connectivity index (χ3v) is 2.39. The van der Waals surface area contributed by atoms with Crippen LogP contribution in [0.2, 0.25) is 0 Å². The summed E-state index contributed by atoms with van der Waals surface area (Å²) in [6.07, 6.45) is -0.927. The minimum absolute atomic E-state index is 0.172. The van der Waals surface area contributed by atoms with Gasteiger partial charge in [-0.2, -0.15) is 12.6 Å². The molecule has 0 rings (SSSR count). The Bertz CT molecular complexity index is 323. The second kappa shape index (κ2) is 6.42. The SMILES string of the molecule is N[C@](CCC(=O)O)(N[C@@H](CS)C(=O)O)C(=O)O. The van der Waals surface area contributed by atoms with Crippen LogP contribution in [0.3, 0.4) is 0 Å². The fourth-order valence-corrected chi connectivity index (χ4v) is 1.29. The molecule has 0 unspecified atom stereocenters. The standard InChI is InChI=1S/C8H14N2O6S/c9-8(7(15)16,2-1-5(11)12)10-4(3-17)6(13)14/h4,10,17H,1-3,9H2,(H,11,12)(H,13,14)(H,15,16)/t4-,8+/m0/s1. The molecule has 0 aromatic rings. The molecule has 0 aromatic heterocycles. The van der Waals surface area contributed by atoms with E-state index in [1.807, 2.05) is 0 Å². The summed E-state index contributed by atoms with van der Waals surface area (Å²) in [5.41, 5.74) is 3.33. The molecule has 0 saturated carbocycles. The zero-order chi connectivity index (χ0) is 13.6. The van der Waals surface area contributed by atoms with E-state index in [0.717, 1.165) is 0 Å². The van der Waals surface area contributed by atoms with E-state index in [-0.39, 0.29) is 5.75 Å². The second-order valence-electron chi connectivity index (χ2n) is 3.39. The number of rotatable bonds is 8. The molecular formula is C8H14N2O6S. The molecule has 0 aliphatic carbocycles. The average Bonchev–Trinajstić information content (AvgIpc) is 2.22. The molecule has 0 amide bonds. The van der Waals surface area contributed by atoms with Crippen molar-refractivity contribution in [3.05, 3.63) is 0 Å². The van der Waals surface area contributed by atoms with Crippen LogP contribution < -0.4 is 11.1 Å². The first-order valence-electron chi connectivity index (χ1n) is 4.58. The highest BCUT2D eigenvalue weighted by Gasteiger charge is 2.37. The number of nitrogens with two attached hydrogens (primary N) is 1. The number of carboxylic acids is 3. The van der Waals surface area contributed by atoms with Crippen LogP contribution in [0.25, 0.3) is 0 Å². The summed E-state index contributed by atoms with van der Waals surface area (Å²) in [5.74, 6) is -4.23. The maximum absolute atomic E-state index is 10.9. The van der Waals surface area contributed by atoms with Crippen LogP contribution in [-0.2, 0) is 14.4 Å². The summed E-state index contributed by atoms with van der Waals surface area (Å²) >= 11 is 3.74. The summed E-state index contributed by atoms with van der Waals surface area (Å²) in [5, 5.41) is 28.2. The van der Waals surface area contributed by atoms with E-state index < -0.39 is 42.5 Å². The Morgan fingerprint density at radius 3 is 2.12 bits per heavy atom. The molecular weight excluding hydrogens is 252 g/mol. The average molecular weight is 266 g/mol. The van der Waals surface area contributed by atoms with Crippen molar-refractivity contribution in [3.63, 3.8) is 0 Å². The molecule has 2 atom stereocenters. The van der Waals surface area contributed by atoms with Gasteiger partial charge < -0.3 is 21.1 Å². The molecule has 6 N–H and O–H groups in total. The van der Waals surface area contributed by atoms with E-state index in [0.29, 0.717) is 0 Å². The van der Waals surface area contributed by atoms with Gasteiger partial charge in [0, 0.05) is 18.6 Å². The van der Waals surface area contributed by atoms with Crippen molar-refractivity contribution in [1.29, 1.82) is 0 Å². The van der Waals surface area contributed by atoms with E-state index in [4.69, 9.17) is 21.1 Å². The molecule has 17 heavy (non-hydrogen) atoms. The lowest BCUT2D eigenvalue weighted by Crippen LogP contribution is -2.64. The van der Waals surface area contributed by atoms with Crippen LogP contribution in [0.15, 0.2) is 0 Å². The fraction of sp³-hybridized carbons (Fsp3) is 0.625. The first-order valence-corrected chi connectivity index (χ1v) is 5.21. The molecule has 0 fully saturated rings. The second-order valence-corrected chi connectivity index (χ2v) is 3.75. The molecule has 9 heteroatoms. The normalized spacial score (nSPS) is 15.9. The molecule has 0 aliphatic rings. The Morgan fingerprint density at radius 2 is 1.82 bits per heavy atom. The van der Waals surface area contributed by atoms with Crippen LogP contribution in [0.1, 0.15) is 12.8 Å². The molecule has 0 saturated heterocycles. The predicted octanol–water partition coefficient (Wildman–Crippen LogP) is -1.44. The van der Waals surface area contributed by atoms with Gasteiger partial charge in [-0.1, -0.05) is 0 Å². The van der Waals surface area contributed by atoms with Crippen molar-refractivity contribution < 1.29 is 29.7 Å².